The van der Waals surface area contributed by atoms with Gasteiger partial charge in [0.2, 0.25) is 0 Å². The molecule has 0 bridgehead atoms. The van der Waals surface area contributed by atoms with Gasteiger partial charge in [0.25, 0.3) is 0 Å². The van der Waals surface area contributed by atoms with Crippen molar-refractivity contribution >= 4 is 28.1 Å². The summed E-state index contributed by atoms with van der Waals surface area (Å²) in [5.74, 6) is 1.23. The van der Waals surface area contributed by atoms with E-state index in [1.54, 1.807) is 17.4 Å². The van der Waals surface area contributed by atoms with E-state index in [9.17, 15) is 5.11 Å². The van der Waals surface area contributed by atoms with Crippen molar-refractivity contribution in [2.24, 2.45) is 4.99 Å². The van der Waals surface area contributed by atoms with Gasteiger partial charge < -0.3 is 25.1 Å². The van der Waals surface area contributed by atoms with Gasteiger partial charge in [-0.2, -0.15) is 0 Å². The number of hydrogen-bond acceptors (Lipinski definition) is 6. The average molecular weight is 375 g/mol. The predicted molar refractivity (Wildman–Crippen MR) is 109 cm³/mol. The van der Waals surface area contributed by atoms with Crippen LogP contribution >= 0.6 is 11.3 Å². The van der Waals surface area contributed by atoms with E-state index in [4.69, 9.17) is 0 Å². The molecule has 7 nitrogen and oxygen atoms in total. The van der Waals surface area contributed by atoms with Gasteiger partial charge in [-0.3, -0.25) is 4.99 Å². The van der Waals surface area contributed by atoms with Crippen molar-refractivity contribution in [3.8, 4) is 5.75 Å². The van der Waals surface area contributed by atoms with E-state index in [1.165, 1.54) is 0 Å². The van der Waals surface area contributed by atoms with Gasteiger partial charge in [0.15, 0.2) is 11.1 Å². The second-order valence-corrected chi connectivity index (χ2v) is 7.22. The van der Waals surface area contributed by atoms with Crippen LogP contribution in [0.15, 0.2) is 34.6 Å². The SMILES string of the molecule is CN=C(NCc1csc(N(C)C)n1)N1CCN(c2ccccc2O)CC1. The molecule has 2 heterocycles. The van der Waals surface area contributed by atoms with E-state index in [1.807, 2.05) is 44.2 Å². The molecule has 0 saturated carbocycles. The Kier molecular flexibility index (Phi) is 5.82. The molecule has 0 spiro atoms. The number of rotatable bonds is 4. The molecule has 1 saturated heterocycles. The fraction of sp³-hybridized carbons (Fsp3) is 0.444. The Labute approximate surface area is 158 Å². The Bertz CT molecular complexity index is 752. The molecule has 26 heavy (non-hydrogen) atoms. The van der Waals surface area contributed by atoms with E-state index in [0.29, 0.717) is 12.3 Å². The third-order valence-electron chi connectivity index (χ3n) is 4.36. The van der Waals surface area contributed by atoms with Gasteiger partial charge in [0.05, 0.1) is 17.9 Å². The number of aromatic hydroxyl groups is 1. The maximum Gasteiger partial charge on any atom is 0.194 e. The first-order valence-electron chi connectivity index (χ1n) is 8.68. The molecule has 1 aromatic heterocycles. The third-order valence-corrected chi connectivity index (χ3v) is 5.42. The number of para-hydroxylation sites is 2. The van der Waals surface area contributed by atoms with Gasteiger partial charge in [-0.25, -0.2) is 4.98 Å². The van der Waals surface area contributed by atoms with Crippen molar-refractivity contribution in [3.05, 3.63) is 35.3 Å². The van der Waals surface area contributed by atoms with Crippen LogP contribution in [0, 0.1) is 0 Å². The first-order valence-corrected chi connectivity index (χ1v) is 9.56. The molecule has 0 unspecified atom stereocenters. The van der Waals surface area contributed by atoms with Crippen LogP contribution in [0.5, 0.6) is 5.75 Å². The lowest BCUT2D eigenvalue weighted by Gasteiger charge is -2.37. The number of piperazine rings is 1. The van der Waals surface area contributed by atoms with Crippen LogP contribution in [0.2, 0.25) is 0 Å². The molecule has 2 N–H and O–H groups in total. The Hall–Kier alpha value is -2.48. The highest BCUT2D eigenvalue weighted by molar-refractivity contribution is 7.13. The van der Waals surface area contributed by atoms with E-state index in [-0.39, 0.29) is 0 Å². The number of nitrogens with zero attached hydrogens (tertiary/aromatic N) is 5. The van der Waals surface area contributed by atoms with E-state index in [2.05, 4.69) is 30.5 Å². The predicted octanol–water partition coefficient (Wildman–Crippen LogP) is 1.81. The van der Waals surface area contributed by atoms with Crippen molar-refractivity contribution in [1.29, 1.82) is 0 Å². The van der Waals surface area contributed by atoms with Crippen LogP contribution in [0.3, 0.4) is 0 Å². The first kappa shape index (κ1) is 18.3. The standard InChI is InChI=1S/C18H26N6OS/c1-19-17(20-12-14-13-26-18(21-14)22(2)3)24-10-8-23(9-11-24)15-6-4-5-7-16(15)25/h4-7,13,25H,8-12H2,1-3H3,(H,19,20). The minimum atomic E-state index is 0.337. The second kappa shape index (κ2) is 8.27. The molecule has 1 aliphatic heterocycles. The Balaban J connectivity index is 1.54. The molecule has 0 amide bonds. The van der Waals surface area contributed by atoms with Crippen LogP contribution in [-0.4, -0.2) is 68.3 Å². The number of aliphatic imine (C=N–C) groups is 1. The largest absolute Gasteiger partial charge is 0.506 e. The van der Waals surface area contributed by atoms with Crippen molar-refractivity contribution in [2.75, 3.05) is 57.1 Å². The molecule has 8 heteroatoms. The van der Waals surface area contributed by atoms with Crippen molar-refractivity contribution in [1.82, 2.24) is 15.2 Å². The van der Waals surface area contributed by atoms with Crippen molar-refractivity contribution in [2.45, 2.75) is 6.54 Å². The normalized spacial score (nSPS) is 15.3. The summed E-state index contributed by atoms with van der Waals surface area (Å²) in [4.78, 5) is 15.5. The van der Waals surface area contributed by atoms with Gasteiger partial charge in [-0.15, -0.1) is 11.3 Å². The molecule has 0 atom stereocenters. The zero-order valence-electron chi connectivity index (χ0n) is 15.5. The zero-order chi connectivity index (χ0) is 18.5. The summed E-state index contributed by atoms with van der Waals surface area (Å²) in [7, 11) is 5.81. The summed E-state index contributed by atoms with van der Waals surface area (Å²) < 4.78 is 0. The van der Waals surface area contributed by atoms with E-state index >= 15 is 0 Å². The van der Waals surface area contributed by atoms with Crippen LogP contribution in [0.1, 0.15) is 5.69 Å². The number of guanidine groups is 1. The summed E-state index contributed by atoms with van der Waals surface area (Å²) in [6.45, 7) is 4.07. The molecule has 3 rings (SSSR count). The Morgan fingerprint density at radius 3 is 2.62 bits per heavy atom. The number of aromatic nitrogens is 1. The second-order valence-electron chi connectivity index (χ2n) is 6.38. The molecule has 2 aromatic rings. The van der Waals surface area contributed by atoms with Gasteiger partial charge >= 0.3 is 0 Å². The fourth-order valence-electron chi connectivity index (χ4n) is 2.98. The van der Waals surface area contributed by atoms with Crippen LogP contribution in [-0.2, 0) is 6.54 Å². The number of nitrogens with one attached hydrogen (secondary N) is 1. The van der Waals surface area contributed by atoms with Crippen LogP contribution in [0.25, 0.3) is 0 Å². The minimum absolute atomic E-state index is 0.337. The topological polar surface area (TPSA) is 67.2 Å². The van der Waals surface area contributed by atoms with Gasteiger partial charge in [-0.1, -0.05) is 12.1 Å². The summed E-state index contributed by atoms with van der Waals surface area (Å²) >= 11 is 1.64. The average Bonchev–Trinajstić information content (AvgIpc) is 3.13. The maximum atomic E-state index is 10.0. The quantitative estimate of drug-likeness (QED) is 0.629. The van der Waals surface area contributed by atoms with Gasteiger partial charge in [-0.05, 0) is 12.1 Å². The van der Waals surface area contributed by atoms with Crippen LogP contribution in [0.4, 0.5) is 10.8 Å². The van der Waals surface area contributed by atoms with E-state index in [0.717, 1.165) is 48.7 Å². The molecule has 0 aliphatic carbocycles. The summed E-state index contributed by atoms with van der Waals surface area (Å²) in [5.41, 5.74) is 1.92. The number of benzene rings is 1. The van der Waals surface area contributed by atoms with Gasteiger partial charge in [0.1, 0.15) is 5.75 Å². The molecule has 1 aromatic carbocycles. The van der Waals surface area contributed by atoms with Gasteiger partial charge in [0, 0.05) is 52.7 Å². The van der Waals surface area contributed by atoms with Crippen molar-refractivity contribution < 1.29 is 5.11 Å². The molecular weight excluding hydrogens is 348 g/mol. The molecular formula is C18H26N6OS. The molecule has 0 radical (unpaired) electrons. The summed E-state index contributed by atoms with van der Waals surface area (Å²) in [6, 6.07) is 7.50. The fourth-order valence-corrected chi connectivity index (χ4v) is 3.73. The lowest BCUT2D eigenvalue weighted by molar-refractivity contribution is 0.369. The number of phenols is 1. The first-order chi connectivity index (χ1) is 12.6. The van der Waals surface area contributed by atoms with Crippen molar-refractivity contribution in [3.63, 3.8) is 0 Å². The molecule has 1 fully saturated rings. The summed E-state index contributed by atoms with van der Waals surface area (Å²) in [5, 5.41) is 16.5. The third kappa shape index (κ3) is 4.19. The lowest BCUT2D eigenvalue weighted by atomic mass is 10.2. The highest BCUT2D eigenvalue weighted by Crippen LogP contribution is 2.27. The molecule has 140 valence electrons. The number of phenolic OH excluding ortho intramolecular Hbond substituents is 1. The minimum Gasteiger partial charge on any atom is -0.506 e. The smallest absolute Gasteiger partial charge is 0.194 e. The van der Waals surface area contributed by atoms with E-state index < -0.39 is 0 Å². The summed E-state index contributed by atoms with van der Waals surface area (Å²) in [6.07, 6.45) is 0. The van der Waals surface area contributed by atoms with Crippen LogP contribution < -0.4 is 15.1 Å². The Morgan fingerprint density at radius 2 is 2.00 bits per heavy atom. The highest BCUT2D eigenvalue weighted by Gasteiger charge is 2.21. The lowest BCUT2D eigenvalue weighted by Crippen LogP contribution is -2.52. The number of thiazole rings is 1. The monoisotopic (exact) mass is 374 g/mol. The zero-order valence-corrected chi connectivity index (χ0v) is 16.3. The molecule has 1 aliphatic rings. The number of hydrogen-bond donors (Lipinski definition) is 2. The number of anilines is 2. The maximum absolute atomic E-state index is 10.0. The highest BCUT2D eigenvalue weighted by atomic mass is 32.1. The Morgan fingerprint density at radius 1 is 1.27 bits per heavy atom.